The maximum atomic E-state index is 11.3. The standard InChI is InChI=1S/C14H11NO4/c1-10(16)11-7-8-13(15(17)18)14(9-11)19-12-5-3-2-4-6-12/h2-9H,1H3. The van der Waals surface area contributed by atoms with E-state index in [0.717, 1.165) is 0 Å². The summed E-state index contributed by atoms with van der Waals surface area (Å²) in [6, 6.07) is 12.8. The molecule has 0 aliphatic carbocycles. The molecule has 2 rings (SSSR count). The van der Waals surface area contributed by atoms with Crippen molar-refractivity contribution in [1.29, 1.82) is 0 Å². The second-order valence-corrected chi connectivity index (χ2v) is 3.91. The quantitative estimate of drug-likeness (QED) is 0.476. The summed E-state index contributed by atoms with van der Waals surface area (Å²) in [6.45, 7) is 1.40. The second-order valence-electron chi connectivity index (χ2n) is 3.91. The lowest BCUT2D eigenvalue weighted by Gasteiger charge is -2.07. The Hall–Kier alpha value is -2.69. The first-order valence-corrected chi connectivity index (χ1v) is 5.60. The molecule has 0 bridgehead atoms. The Bertz CT molecular complexity index is 623. The molecule has 0 heterocycles. The van der Waals surface area contributed by atoms with E-state index in [1.807, 2.05) is 6.07 Å². The van der Waals surface area contributed by atoms with Crippen molar-refractivity contribution in [1.82, 2.24) is 0 Å². The fraction of sp³-hybridized carbons (Fsp3) is 0.0714. The Morgan fingerprint density at radius 1 is 1.16 bits per heavy atom. The maximum absolute atomic E-state index is 11.3. The van der Waals surface area contributed by atoms with Gasteiger partial charge in [-0.25, -0.2) is 0 Å². The molecule has 5 heteroatoms. The van der Waals surface area contributed by atoms with Crippen LogP contribution in [0.15, 0.2) is 48.5 Å². The number of nitrogens with zero attached hydrogens (tertiary/aromatic N) is 1. The SMILES string of the molecule is CC(=O)c1ccc([N+](=O)[O-])c(Oc2ccccc2)c1. The molecule has 0 amide bonds. The van der Waals surface area contributed by atoms with Crippen LogP contribution in [0.3, 0.4) is 0 Å². The highest BCUT2D eigenvalue weighted by atomic mass is 16.6. The number of ether oxygens (including phenoxy) is 1. The highest BCUT2D eigenvalue weighted by molar-refractivity contribution is 5.94. The molecule has 5 nitrogen and oxygen atoms in total. The van der Waals surface area contributed by atoms with Crippen molar-refractivity contribution < 1.29 is 14.5 Å². The number of nitro groups is 1. The Balaban J connectivity index is 2.43. The van der Waals surface area contributed by atoms with Gasteiger partial charge in [-0.3, -0.25) is 14.9 Å². The van der Waals surface area contributed by atoms with E-state index in [0.29, 0.717) is 11.3 Å². The van der Waals surface area contributed by atoms with Crippen LogP contribution in [0.5, 0.6) is 11.5 Å². The van der Waals surface area contributed by atoms with Gasteiger partial charge in [0.15, 0.2) is 5.78 Å². The zero-order valence-electron chi connectivity index (χ0n) is 10.2. The Labute approximate surface area is 109 Å². The monoisotopic (exact) mass is 257 g/mol. The number of hydrogen-bond acceptors (Lipinski definition) is 4. The van der Waals surface area contributed by atoms with E-state index in [2.05, 4.69) is 0 Å². The van der Waals surface area contributed by atoms with Crippen LogP contribution >= 0.6 is 0 Å². The minimum absolute atomic E-state index is 0.0592. The third-order valence-electron chi connectivity index (χ3n) is 2.53. The molecule has 0 fully saturated rings. The van der Waals surface area contributed by atoms with Crippen LogP contribution in [-0.2, 0) is 0 Å². The largest absolute Gasteiger partial charge is 0.450 e. The molecule has 0 saturated carbocycles. The summed E-state index contributed by atoms with van der Waals surface area (Å²) in [4.78, 5) is 21.7. The molecule has 0 aliphatic rings. The third kappa shape index (κ3) is 2.95. The third-order valence-corrected chi connectivity index (χ3v) is 2.53. The van der Waals surface area contributed by atoms with Gasteiger partial charge in [-0.2, -0.15) is 0 Å². The Kier molecular flexibility index (Phi) is 3.56. The first kappa shape index (κ1) is 12.8. The lowest BCUT2D eigenvalue weighted by Crippen LogP contribution is -1.97. The van der Waals surface area contributed by atoms with Crippen molar-refractivity contribution in [2.45, 2.75) is 6.92 Å². The van der Waals surface area contributed by atoms with Gasteiger partial charge in [-0.05, 0) is 31.2 Å². The molecule has 0 atom stereocenters. The van der Waals surface area contributed by atoms with Crippen LogP contribution < -0.4 is 4.74 Å². The second kappa shape index (κ2) is 5.30. The number of Topliss-reactive ketones (excluding diaryl/α,β-unsaturated/α-hetero) is 1. The minimum atomic E-state index is -0.539. The number of nitro benzene ring substituents is 1. The molecule has 0 radical (unpaired) electrons. The molecule has 0 saturated heterocycles. The number of benzene rings is 2. The summed E-state index contributed by atoms with van der Waals surface area (Å²) in [7, 11) is 0. The van der Waals surface area contributed by atoms with E-state index in [1.54, 1.807) is 24.3 Å². The zero-order chi connectivity index (χ0) is 13.8. The predicted octanol–water partition coefficient (Wildman–Crippen LogP) is 3.59. The van der Waals surface area contributed by atoms with Gasteiger partial charge in [0.05, 0.1) is 4.92 Å². The number of carbonyl (C=O) groups excluding carboxylic acids is 1. The normalized spacial score (nSPS) is 9.95. The summed E-state index contributed by atoms with van der Waals surface area (Å²) in [5.41, 5.74) is 0.199. The topological polar surface area (TPSA) is 69.4 Å². The molecule has 96 valence electrons. The van der Waals surface area contributed by atoms with Crippen LogP contribution in [0.25, 0.3) is 0 Å². The zero-order valence-corrected chi connectivity index (χ0v) is 10.2. The highest BCUT2D eigenvalue weighted by Crippen LogP contribution is 2.32. The van der Waals surface area contributed by atoms with Crippen molar-refractivity contribution >= 4 is 11.5 Å². The first-order valence-electron chi connectivity index (χ1n) is 5.60. The molecule has 19 heavy (non-hydrogen) atoms. The first-order chi connectivity index (χ1) is 9.08. The summed E-state index contributed by atoms with van der Waals surface area (Å²) in [5, 5.41) is 10.9. The number of rotatable bonds is 4. The van der Waals surface area contributed by atoms with Crippen molar-refractivity contribution in [2.24, 2.45) is 0 Å². The molecule has 0 aromatic heterocycles. The van der Waals surface area contributed by atoms with Gasteiger partial charge in [0.2, 0.25) is 5.75 Å². The number of carbonyl (C=O) groups is 1. The van der Waals surface area contributed by atoms with Gasteiger partial charge in [0.1, 0.15) is 5.75 Å². The van der Waals surface area contributed by atoms with Crippen LogP contribution in [-0.4, -0.2) is 10.7 Å². The van der Waals surface area contributed by atoms with Gasteiger partial charge in [-0.15, -0.1) is 0 Å². The lowest BCUT2D eigenvalue weighted by atomic mass is 10.1. The molecule has 0 spiro atoms. The maximum Gasteiger partial charge on any atom is 0.311 e. The van der Waals surface area contributed by atoms with Crippen LogP contribution in [0.1, 0.15) is 17.3 Å². The Morgan fingerprint density at radius 3 is 2.42 bits per heavy atom. The van der Waals surface area contributed by atoms with Gasteiger partial charge in [0.25, 0.3) is 0 Å². The number of ketones is 1. The van der Waals surface area contributed by atoms with E-state index >= 15 is 0 Å². The average molecular weight is 257 g/mol. The fourth-order valence-electron chi connectivity index (χ4n) is 1.58. The summed E-state index contributed by atoms with van der Waals surface area (Å²) >= 11 is 0. The summed E-state index contributed by atoms with van der Waals surface area (Å²) in [5.74, 6) is 0.364. The van der Waals surface area contributed by atoms with Gasteiger partial charge in [0, 0.05) is 11.6 Å². The van der Waals surface area contributed by atoms with Gasteiger partial charge < -0.3 is 4.74 Å². The van der Waals surface area contributed by atoms with Crippen LogP contribution in [0, 0.1) is 10.1 Å². The van der Waals surface area contributed by atoms with Crippen LogP contribution in [0.2, 0.25) is 0 Å². The molecule has 2 aromatic rings. The highest BCUT2D eigenvalue weighted by Gasteiger charge is 2.17. The summed E-state index contributed by atoms with van der Waals surface area (Å²) < 4.78 is 5.47. The Morgan fingerprint density at radius 2 is 1.84 bits per heavy atom. The molecular weight excluding hydrogens is 246 g/mol. The van der Waals surface area contributed by atoms with Crippen LogP contribution in [0.4, 0.5) is 5.69 Å². The minimum Gasteiger partial charge on any atom is -0.450 e. The van der Waals surface area contributed by atoms with E-state index < -0.39 is 4.92 Å². The number of para-hydroxylation sites is 1. The van der Waals surface area contributed by atoms with Crippen molar-refractivity contribution in [3.8, 4) is 11.5 Å². The van der Waals surface area contributed by atoms with Gasteiger partial charge in [-0.1, -0.05) is 18.2 Å². The van der Waals surface area contributed by atoms with Crippen molar-refractivity contribution in [3.05, 3.63) is 64.2 Å². The molecule has 0 N–H and O–H groups in total. The van der Waals surface area contributed by atoms with E-state index in [-0.39, 0.29) is 17.2 Å². The van der Waals surface area contributed by atoms with E-state index in [4.69, 9.17) is 4.74 Å². The number of hydrogen-bond donors (Lipinski definition) is 0. The van der Waals surface area contributed by atoms with E-state index in [1.165, 1.54) is 25.1 Å². The summed E-state index contributed by atoms with van der Waals surface area (Å²) in [6.07, 6.45) is 0. The predicted molar refractivity (Wildman–Crippen MR) is 69.6 cm³/mol. The van der Waals surface area contributed by atoms with Crippen molar-refractivity contribution in [2.75, 3.05) is 0 Å². The van der Waals surface area contributed by atoms with E-state index in [9.17, 15) is 14.9 Å². The smallest absolute Gasteiger partial charge is 0.311 e. The molecule has 0 unspecified atom stereocenters. The van der Waals surface area contributed by atoms with Crippen molar-refractivity contribution in [3.63, 3.8) is 0 Å². The molecule has 2 aromatic carbocycles. The average Bonchev–Trinajstić information content (AvgIpc) is 2.39. The fourth-order valence-corrected chi connectivity index (χ4v) is 1.58. The lowest BCUT2D eigenvalue weighted by molar-refractivity contribution is -0.385. The molecule has 0 aliphatic heterocycles. The molecular formula is C14H11NO4. The van der Waals surface area contributed by atoms with Gasteiger partial charge >= 0.3 is 5.69 Å².